The normalized spacial score (nSPS) is 12.4. The number of nitriles is 1. The van der Waals surface area contributed by atoms with Gasteiger partial charge in [0.2, 0.25) is 0 Å². The largest absolute Gasteiger partial charge is 0.338 e. The average Bonchev–Trinajstić information content (AvgIpc) is 2.54. The second kappa shape index (κ2) is 4.68. The first-order chi connectivity index (χ1) is 6.27. The monoisotopic (exact) mass is 177 g/mol. The molecule has 0 radical (unpaired) electrons. The van der Waals surface area contributed by atoms with Crippen LogP contribution in [0.1, 0.15) is 19.0 Å². The van der Waals surface area contributed by atoms with E-state index in [2.05, 4.69) is 13.0 Å². The Bertz CT molecular complexity index is 295. The summed E-state index contributed by atoms with van der Waals surface area (Å²) in [5.41, 5.74) is 6.98. The highest BCUT2D eigenvalue weighted by atomic mass is 15.0. The minimum absolute atomic E-state index is 0.201. The van der Waals surface area contributed by atoms with E-state index >= 15 is 0 Å². The number of hydrogen-bond acceptors (Lipinski definition) is 2. The lowest BCUT2D eigenvalue weighted by Crippen LogP contribution is -2.22. The summed E-state index contributed by atoms with van der Waals surface area (Å²) in [6, 6.07) is 6.30. The first-order valence-corrected chi connectivity index (χ1v) is 4.54. The van der Waals surface area contributed by atoms with Crippen LogP contribution in [0.4, 0.5) is 0 Å². The lowest BCUT2D eigenvalue weighted by molar-refractivity contribution is 0.614. The van der Waals surface area contributed by atoms with Gasteiger partial charge in [0.25, 0.3) is 0 Å². The second-order valence-electron chi connectivity index (χ2n) is 3.16. The predicted octanol–water partition coefficient (Wildman–Crippen LogP) is 1.29. The van der Waals surface area contributed by atoms with Crippen molar-refractivity contribution < 1.29 is 0 Å². The van der Waals surface area contributed by atoms with E-state index in [1.54, 1.807) is 0 Å². The molecule has 1 aromatic rings. The van der Waals surface area contributed by atoms with Gasteiger partial charge in [0.05, 0.1) is 6.07 Å². The van der Waals surface area contributed by atoms with Gasteiger partial charge in [0.15, 0.2) is 0 Å². The number of nitrogens with zero attached hydrogens (tertiary/aromatic N) is 2. The summed E-state index contributed by atoms with van der Waals surface area (Å²) in [4.78, 5) is 0. The molecule has 3 nitrogen and oxygen atoms in total. The molecule has 70 valence electrons. The van der Waals surface area contributed by atoms with E-state index in [0.717, 1.165) is 18.5 Å². The Morgan fingerprint density at radius 2 is 2.46 bits per heavy atom. The van der Waals surface area contributed by atoms with Crippen molar-refractivity contribution in [3.8, 4) is 6.07 Å². The molecule has 2 N–H and O–H groups in total. The van der Waals surface area contributed by atoms with Crippen molar-refractivity contribution in [2.24, 2.45) is 5.73 Å². The zero-order valence-corrected chi connectivity index (χ0v) is 7.90. The molecule has 0 amide bonds. The van der Waals surface area contributed by atoms with Crippen LogP contribution >= 0.6 is 0 Å². The van der Waals surface area contributed by atoms with Crippen molar-refractivity contribution in [3.05, 3.63) is 24.0 Å². The van der Waals surface area contributed by atoms with Gasteiger partial charge in [-0.1, -0.05) is 6.92 Å². The molecule has 0 spiro atoms. The highest BCUT2D eigenvalue weighted by Gasteiger charge is 2.04. The van der Waals surface area contributed by atoms with E-state index in [1.165, 1.54) is 0 Å². The lowest BCUT2D eigenvalue weighted by Gasteiger charge is -2.09. The van der Waals surface area contributed by atoms with Gasteiger partial charge in [0, 0.05) is 24.4 Å². The van der Waals surface area contributed by atoms with E-state index in [0.29, 0.717) is 6.54 Å². The Labute approximate surface area is 78.8 Å². The maximum atomic E-state index is 8.55. The first kappa shape index (κ1) is 9.82. The van der Waals surface area contributed by atoms with Gasteiger partial charge < -0.3 is 10.3 Å². The summed E-state index contributed by atoms with van der Waals surface area (Å²) in [5.74, 6) is 0. The molecule has 0 aliphatic rings. The van der Waals surface area contributed by atoms with Crippen molar-refractivity contribution in [2.45, 2.75) is 32.4 Å². The summed E-state index contributed by atoms with van der Waals surface area (Å²) in [7, 11) is 0. The Kier molecular flexibility index (Phi) is 3.53. The Hall–Kier alpha value is -1.27. The molecule has 0 bridgehead atoms. The van der Waals surface area contributed by atoms with E-state index < -0.39 is 0 Å². The molecule has 0 aromatic carbocycles. The van der Waals surface area contributed by atoms with E-state index in [1.807, 2.05) is 22.9 Å². The van der Waals surface area contributed by atoms with Crippen LogP contribution in [0.5, 0.6) is 0 Å². The molecule has 3 heteroatoms. The van der Waals surface area contributed by atoms with Crippen molar-refractivity contribution in [2.75, 3.05) is 0 Å². The summed E-state index contributed by atoms with van der Waals surface area (Å²) >= 11 is 0. The minimum Gasteiger partial charge on any atom is -0.338 e. The summed E-state index contributed by atoms with van der Waals surface area (Å²) < 4.78 is 1.94. The Morgan fingerprint density at radius 3 is 3.08 bits per heavy atom. The summed E-state index contributed by atoms with van der Waals surface area (Å²) in [6.45, 7) is 2.49. The van der Waals surface area contributed by atoms with Gasteiger partial charge in [-0.05, 0) is 18.6 Å². The van der Waals surface area contributed by atoms with Crippen LogP contribution < -0.4 is 5.73 Å². The molecule has 1 aromatic heterocycles. The highest BCUT2D eigenvalue weighted by Crippen LogP contribution is 2.06. The molecular formula is C10H15N3. The predicted molar refractivity (Wildman–Crippen MR) is 52.0 cm³/mol. The third-order valence-corrected chi connectivity index (χ3v) is 2.16. The minimum atomic E-state index is 0.201. The smallest absolute Gasteiger partial charge is 0.109 e. The third-order valence-electron chi connectivity index (χ3n) is 2.16. The fraction of sp³-hybridized carbons (Fsp3) is 0.500. The van der Waals surface area contributed by atoms with Gasteiger partial charge in [-0.15, -0.1) is 0 Å². The average molecular weight is 177 g/mol. The highest BCUT2D eigenvalue weighted by molar-refractivity contribution is 5.09. The fourth-order valence-electron chi connectivity index (χ4n) is 1.28. The van der Waals surface area contributed by atoms with Crippen LogP contribution in [-0.2, 0) is 13.0 Å². The lowest BCUT2D eigenvalue weighted by atomic mass is 10.1. The maximum absolute atomic E-state index is 8.55. The molecule has 0 aliphatic heterocycles. The molecule has 1 heterocycles. The second-order valence-corrected chi connectivity index (χ2v) is 3.16. The van der Waals surface area contributed by atoms with Gasteiger partial charge in [0.1, 0.15) is 6.54 Å². The van der Waals surface area contributed by atoms with Gasteiger partial charge in [-0.3, -0.25) is 0 Å². The van der Waals surface area contributed by atoms with E-state index in [9.17, 15) is 0 Å². The van der Waals surface area contributed by atoms with Crippen molar-refractivity contribution in [1.29, 1.82) is 5.26 Å². The van der Waals surface area contributed by atoms with E-state index in [4.69, 9.17) is 11.0 Å². The zero-order valence-electron chi connectivity index (χ0n) is 7.90. The molecule has 0 saturated heterocycles. The SMILES string of the molecule is CCC(N)Cc1cccn1CC#N. The van der Waals surface area contributed by atoms with Gasteiger partial charge >= 0.3 is 0 Å². The maximum Gasteiger partial charge on any atom is 0.109 e. The van der Waals surface area contributed by atoms with Crippen LogP contribution in [0.2, 0.25) is 0 Å². The molecule has 0 fully saturated rings. The summed E-state index contributed by atoms with van der Waals surface area (Å²) in [6.07, 6.45) is 3.74. The van der Waals surface area contributed by atoms with Gasteiger partial charge in [-0.2, -0.15) is 5.26 Å². The van der Waals surface area contributed by atoms with Gasteiger partial charge in [-0.25, -0.2) is 0 Å². The molecule has 1 unspecified atom stereocenters. The molecule has 1 rings (SSSR count). The fourth-order valence-corrected chi connectivity index (χ4v) is 1.28. The molecule has 13 heavy (non-hydrogen) atoms. The van der Waals surface area contributed by atoms with Crippen molar-refractivity contribution in [1.82, 2.24) is 4.57 Å². The van der Waals surface area contributed by atoms with Crippen LogP contribution in [0, 0.1) is 11.3 Å². The number of rotatable bonds is 4. The van der Waals surface area contributed by atoms with Crippen LogP contribution in [0.3, 0.4) is 0 Å². The van der Waals surface area contributed by atoms with Crippen molar-refractivity contribution in [3.63, 3.8) is 0 Å². The molecule has 1 atom stereocenters. The number of nitrogens with two attached hydrogens (primary N) is 1. The first-order valence-electron chi connectivity index (χ1n) is 4.54. The Balaban J connectivity index is 2.66. The van der Waals surface area contributed by atoms with Crippen molar-refractivity contribution >= 4 is 0 Å². The van der Waals surface area contributed by atoms with Crippen LogP contribution in [0.25, 0.3) is 0 Å². The molecule has 0 saturated carbocycles. The Morgan fingerprint density at radius 1 is 1.69 bits per heavy atom. The summed E-state index contributed by atoms with van der Waals surface area (Å²) in [5, 5.41) is 8.55. The number of aromatic nitrogens is 1. The topological polar surface area (TPSA) is 54.7 Å². The number of hydrogen-bond donors (Lipinski definition) is 1. The van der Waals surface area contributed by atoms with Crippen LogP contribution in [-0.4, -0.2) is 10.6 Å². The third kappa shape index (κ3) is 2.60. The van der Waals surface area contributed by atoms with E-state index in [-0.39, 0.29) is 6.04 Å². The van der Waals surface area contributed by atoms with Crippen LogP contribution in [0.15, 0.2) is 18.3 Å². The molecule has 0 aliphatic carbocycles. The standard InChI is InChI=1S/C10H15N3/c1-2-9(12)8-10-4-3-6-13(10)7-5-11/h3-4,6,9H,2,7-8,12H2,1H3. The zero-order chi connectivity index (χ0) is 9.68. The quantitative estimate of drug-likeness (QED) is 0.753. The molecular weight excluding hydrogens is 162 g/mol.